The number of benzene rings is 1. The lowest BCUT2D eigenvalue weighted by atomic mass is 10.0. The first-order valence-corrected chi connectivity index (χ1v) is 6.10. The summed E-state index contributed by atoms with van der Waals surface area (Å²) in [6.45, 7) is 8.63. The molecule has 3 heteroatoms. The Morgan fingerprint density at radius 3 is 2.06 bits per heavy atom. The van der Waals surface area contributed by atoms with Crippen molar-refractivity contribution in [1.82, 2.24) is 15.0 Å². The van der Waals surface area contributed by atoms with Gasteiger partial charge in [-0.25, -0.2) is 4.68 Å². The van der Waals surface area contributed by atoms with E-state index in [1.54, 1.807) is 0 Å². The van der Waals surface area contributed by atoms with Crippen molar-refractivity contribution in [3.8, 4) is 5.69 Å². The van der Waals surface area contributed by atoms with E-state index in [2.05, 4.69) is 62.3 Å². The van der Waals surface area contributed by atoms with E-state index in [4.69, 9.17) is 0 Å². The zero-order valence-electron chi connectivity index (χ0n) is 10.9. The Bertz CT molecular complexity index is 480. The Kier molecular flexibility index (Phi) is 3.27. The molecule has 0 aliphatic carbocycles. The molecule has 0 unspecified atom stereocenters. The molecular formula is C14H19N3. The molecule has 0 aliphatic heterocycles. The Morgan fingerprint density at radius 1 is 0.941 bits per heavy atom. The normalized spacial score (nSPS) is 11.4. The smallest absolute Gasteiger partial charge is 0.0857 e. The second-order valence-electron chi connectivity index (χ2n) is 4.99. The van der Waals surface area contributed by atoms with Crippen LogP contribution in [0.4, 0.5) is 0 Å². The van der Waals surface area contributed by atoms with Crippen molar-refractivity contribution in [2.75, 3.05) is 0 Å². The maximum absolute atomic E-state index is 4.16. The summed E-state index contributed by atoms with van der Waals surface area (Å²) in [5.74, 6) is 0.977. The first kappa shape index (κ1) is 11.8. The molecule has 17 heavy (non-hydrogen) atoms. The third-order valence-corrected chi connectivity index (χ3v) is 2.93. The minimum atomic E-state index is 0.415. The van der Waals surface area contributed by atoms with Crippen LogP contribution in [-0.2, 0) is 0 Å². The largest absolute Gasteiger partial charge is 0.220 e. The Hall–Kier alpha value is -1.64. The highest BCUT2D eigenvalue weighted by atomic mass is 15.4. The summed E-state index contributed by atoms with van der Waals surface area (Å²) in [6.07, 6.45) is 2.00. The third kappa shape index (κ3) is 2.54. The van der Waals surface area contributed by atoms with Gasteiger partial charge in [-0.3, -0.25) is 0 Å². The van der Waals surface area contributed by atoms with Crippen LogP contribution in [0.5, 0.6) is 0 Å². The zero-order chi connectivity index (χ0) is 12.4. The molecule has 2 aromatic rings. The van der Waals surface area contributed by atoms with E-state index < -0.39 is 0 Å². The summed E-state index contributed by atoms with van der Waals surface area (Å²) in [7, 11) is 0. The van der Waals surface area contributed by atoms with Crippen LogP contribution in [0.25, 0.3) is 5.69 Å². The van der Waals surface area contributed by atoms with Crippen LogP contribution in [-0.4, -0.2) is 15.0 Å². The van der Waals surface area contributed by atoms with Crippen molar-refractivity contribution in [3.63, 3.8) is 0 Å². The molecule has 0 bridgehead atoms. The molecule has 0 atom stereocenters. The molecule has 1 heterocycles. The first-order valence-electron chi connectivity index (χ1n) is 6.10. The summed E-state index contributed by atoms with van der Waals surface area (Å²) in [5.41, 5.74) is 3.43. The number of hydrogen-bond donors (Lipinski definition) is 0. The van der Waals surface area contributed by atoms with Crippen LogP contribution < -0.4 is 0 Å². The van der Waals surface area contributed by atoms with Gasteiger partial charge in [-0.2, -0.15) is 0 Å². The molecule has 0 amide bonds. The average Bonchev–Trinajstić information content (AvgIpc) is 2.78. The second-order valence-corrected chi connectivity index (χ2v) is 4.99. The molecule has 0 saturated heterocycles. The lowest BCUT2D eigenvalue weighted by Crippen LogP contribution is -1.95. The van der Waals surface area contributed by atoms with E-state index in [9.17, 15) is 0 Å². The molecular weight excluding hydrogens is 210 g/mol. The van der Waals surface area contributed by atoms with Gasteiger partial charge in [-0.15, -0.1) is 5.10 Å². The fourth-order valence-corrected chi connectivity index (χ4v) is 1.68. The van der Waals surface area contributed by atoms with Gasteiger partial charge >= 0.3 is 0 Å². The van der Waals surface area contributed by atoms with E-state index >= 15 is 0 Å². The highest BCUT2D eigenvalue weighted by Gasteiger charge is 2.06. The van der Waals surface area contributed by atoms with Gasteiger partial charge in [-0.05, 0) is 29.5 Å². The van der Waals surface area contributed by atoms with Gasteiger partial charge in [0.15, 0.2) is 0 Å². The lowest BCUT2D eigenvalue weighted by Gasteiger charge is -2.06. The second kappa shape index (κ2) is 4.70. The van der Waals surface area contributed by atoms with Gasteiger partial charge in [0.2, 0.25) is 0 Å². The highest BCUT2D eigenvalue weighted by Crippen LogP contribution is 2.17. The summed E-state index contributed by atoms with van der Waals surface area (Å²) in [5, 5.41) is 8.31. The van der Waals surface area contributed by atoms with Crippen molar-refractivity contribution in [2.45, 2.75) is 39.5 Å². The van der Waals surface area contributed by atoms with Crippen molar-refractivity contribution in [2.24, 2.45) is 0 Å². The third-order valence-electron chi connectivity index (χ3n) is 2.93. The van der Waals surface area contributed by atoms with Gasteiger partial charge in [0.25, 0.3) is 0 Å². The van der Waals surface area contributed by atoms with Crippen molar-refractivity contribution in [3.05, 3.63) is 41.7 Å². The maximum Gasteiger partial charge on any atom is 0.0857 e. The zero-order valence-corrected chi connectivity index (χ0v) is 10.9. The minimum Gasteiger partial charge on any atom is -0.220 e. The van der Waals surface area contributed by atoms with Crippen molar-refractivity contribution >= 4 is 0 Å². The van der Waals surface area contributed by atoms with Gasteiger partial charge < -0.3 is 0 Å². The van der Waals surface area contributed by atoms with Crippen LogP contribution in [0, 0.1) is 0 Å². The maximum atomic E-state index is 4.16. The summed E-state index contributed by atoms with van der Waals surface area (Å²) in [4.78, 5) is 0. The van der Waals surface area contributed by atoms with E-state index in [0.717, 1.165) is 11.4 Å². The molecule has 3 nitrogen and oxygen atoms in total. The van der Waals surface area contributed by atoms with E-state index in [0.29, 0.717) is 11.8 Å². The molecule has 0 spiro atoms. The number of nitrogens with zero attached hydrogens (tertiary/aromatic N) is 3. The predicted octanol–water partition coefficient (Wildman–Crippen LogP) is 3.51. The molecule has 0 fully saturated rings. The number of rotatable bonds is 3. The van der Waals surface area contributed by atoms with Crippen LogP contribution in [0.2, 0.25) is 0 Å². The van der Waals surface area contributed by atoms with Gasteiger partial charge in [0.1, 0.15) is 0 Å². The van der Waals surface area contributed by atoms with Crippen molar-refractivity contribution < 1.29 is 0 Å². The fraction of sp³-hybridized carbons (Fsp3) is 0.429. The van der Waals surface area contributed by atoms with Crippen LogP contribution >= 0.6 is 0 Å². The Labute approximate surface area is 102 Å². The molecule has 0 N–H and O–H groups in total. The predicted molar refractivity (Wildman–Crippen MR) is 69.5 cm³/mol. The SMILES string of the molecule is CC(C)c1ccc(-n2cc(C(C)C)nn2)cc1. The van der Waals surface area contributed by atoms with Gasteiger partial charge in [0.05, 0.1) is 17.6 Å². The van der Waals surface area contributed by atoms with E-state index in [-0.39, 0.29) is 0 Å². The summed E-state index contributed by atoms with van der Waals surface area (Å²) in [6, 6.07) is 8.48. The molecule has 90 valence electrons. The lowest BCUT2D eigenvalue weighted by molar-refractivity contribution is 0.775. The first-order chi connectivity index (χ1) is 8.08. The number of aromatic nitrogens is 3. The Balaban J connectivity index is 2.27. The van der Waals surface area contributed by atoms with Crippen LogP contribution in [0.3, 0.4) is 0 Å². The van der Waals surface area contributed by atoms with Gasteiger partial charge in [-0.1, -0.05) is 45.0 Å². The average molecular weight is 229 g/mol. The Morgan fingerprint density at radius 2 is 1.59 bits per heavy atom. The van der Waals surface area contributed by atoms with Crippen molar-refractivity contribution in [1.29, 1.82) is 0 Å². The monoisotopic (exact) mass is 229 g/mol. The quantitative estimate of drug-likeness (QED) is 0.806. The molecule has 0 radical (unpaired) electrons. The molecule has 0 aliphatic rings. The highest BCUT2D eigenvalue weighted by molar-refractivity contribution is 5.35. The molecule has 2 rings (SSSR count). The van der Waals surface area contributed by atoms with Crippen LogP contribution in [0.15, 0.2) is 30.5 Å². The minimum absolute atomic E-state index is 0.415. The molecule has 1 aromatic carbocycles. The number of hydrogen-bond acceptors (Lipinski definition) is 2. The topological polar surface area (TPSA) is 30.7 Å². The van der Waals surface area contributed by atoms with E-state index in [1.165, 1.54) is 5.56 Å². The van der Waals surface area contributed by atoms with Gasteiger partial charge in [0, 0.05) is 0 Å². The fourth-order valence-electron chi connectivity index (χ4n) is 1.68. The summed E-state index contributed by atoms with van der Waals surface area (Å²) < 4.78 is 1.83. The molecule has 1 aromatic heterocycles. The van der Waals surface area contributed by atoms with E-state index in [1.807, 2.05) is 10.9 Å². The standard InChI is InChI=1S/C14H19N3/c1-10(2)12-5-7-13(8-6-12)17-9-14(11(3)4)15-16-17/h5-11H,1-4H3. The van der Waals surface area contributed by atoms with Crippen LogP contribution in [0.1, 0.15) is 50.8 Å². The summed E-state index contributed by atoms with van der Waals surface area (Å²) >= 11 is 0. The molecule has 0 saturated carbocycles.